The first kappa shape index (κ1) is 12.6. The van der Waals surface area contributed by atoms with E-state index in [-0.39, 0.29) is 0 Å². The van der Waals surface area contributed by atoms with E-state index >= 15 is 0 Å². The highest BCUT2D eigenvalue weighted by atomic mass is 16.6. The summed E-state index contributed by atoms with van der Waals surface area (Å²) in [6, 6.07) is 6.68. The van der Waals surface area contributed by atoms with Gasteiger partial charge in [-0.1, -0.05) is 32.0 Å². The van der Waals surface area contributed by atoms with Crippen molar-refractivity contribution >= 4 is 0 Å². The Morgan fingerprint density at radius 1 is 1.18 bits per heavy atom. The van der Waals surface area contributed by atoms with Gasteiger partial charge >= 0.3 is 0 Å². The molecule has 0 spiro atoms. The highest BCUT2D eigenvalue weighted by Gasteiger charge is 2.38. The van der Waals surface area contributed by atoms with Crippen LogP contribution in [0.2, 0.25) is 0 Å². The van der Waals surface area contributed by atoms with Crippen LogP contribution in [0.25, 0.3) is 0 Å². The van der Waals surface area contributed by atoms with Gasteiger partial charge in [-0.3, -0.25) is 0 Å². The molecule has 1 aliphatic rings. The monoisotopic (exact) mass is 232 g/mol. The summed E-state index contributed by atoms with van der Waals surface area (Å²) in [5.74, 6) is 0.663. The standard InChI is InChI=1S/C16H24O/c1-5-13(10-16-15(6-2)17-16)14-9-7-8-11(3)12(14)4/h7-9,13,15-16H,5-6,10H2,1-4H3. The number of aryl methyl sites for hydroxylation is 1. The third kappa shape index (κ3) is 2.71. The zero-order chi connectivity index (χ0) is 12.4. The highest BCUT2D eigenvalue weighted by molar-refractivity contribution is 5.35. The van der Waals surface area contributed by atoms with E-state index in [4.69, 9.17) is 4.74 Å². The number of benzene rings is 1. The van der Waals surface area contributed by atoms with Crippen LogP contribution in [0.4, 0.5) is 0 Å². The van der Waals surface area contributed by atoms with Crippen LogP contribution in [0, 0.1) is 13.8 Å². The topological polar surface area (TPSA) is 12.5 Å². The highest BCUT2D eigenvalue weighted by Crippen LogP contribution is 2.37. The van der Waals surface area contributed by atoms with Crippen LogP contribution in [0.15, 0.2) is 18.2 Å². The summed E-state index contributed by atoms with van der Waals surface area (Å²) in [6.45, 7) is 8.95. The second-order valence-electron chi connectivity index (χ2n) is 5.25. The minimum Gasteiger partial charge on any atom is -0.370 e. The molecule has 1 saturated heterocycles. The molecule has 17 heavy (non-hydrogen) atoms. The van der Waals surface area contributed by atoms with Gasteiger partial charge in [0.05, 0.1) is 12.2 Å². The van der Waals surface area contributed by atoms with Crippen LogP contribution in [-0.4, -0.2) is 12.2 Å². The lowest BCUT2D eigenvalue weighted by Crippen LogP contribution is -2.06. The molecule has 0 radical (unpaired) electrons. The lowest BCUT2D eigenvalue weighted by atomic mass is 9.87. The van der Waals surface area contributed by atoms with Crippen molar-refractivity contribution in [3.63, 3.8) is 0 Å². The number of hydrogen-bond donors (Lipinski definition) is 0. The van der Waals surface area contributed by atoms with Crippen LogP contribution in [0.1, 0.15) is 55.7 Å². The van der Waals surface area contributed by atoms with Crippen molar-refractivity contribution in [3.05, 3.63) is 34.9 Å². The average Bonchev–Trinajstić information content (AvgIpc) is 3.08. The summed E-state index contributed by atoms with van der Waals surface area (Å²) in [5.41, 5.74) is 4.40. The second kappa shape index (κ2) is 5.22. The fourth-order valence-corrected chi connectivity index (χ4v) is 2.76. The van der Waals surface area contributed by atoms with Crippen LogP contribution in [-0.2, 0) is 4.74 Å². The first-order valence-electron chi connectivity index (χ1n) is 6.88. The Kier molecular flexibility index (Phi) is 3.88. The molecule has 1 aliphatic heterocycles. The third-order valence-electron chi connectivity index (χ3n) is 4.19. The molecule has 0 saturated carbocycles. The molecule has 94 valence electrons. The normalized spacial score (nSPS) is 24.7. The van der Waals surface area contributed by atoms with E-state index in [2.05, 4.69) is 45.9 Å². The Balaban J connectivity index is 2.10. The van der Waals surface area contributed by atoms with Gasteiger partial charge in [-0.15, -0.1) is 0 Å². The fourth-order valence-electron chi connectivity index (χ4n) is 2.76. The molecule has 1 fully saturated rings. The quantitative estimate of drug-likeness (QED) is 0.687. The molecule has 1 aromatic rings. The van der Waals surface area contributed by atoms with Gasteiger partial charge in [0, 0.05) is 0 Å². The summed E-state index contributed by atoms with van der Waals surface area (Å²) >= 11 is 0. The van der Waals surface area contributed by atoms with Gasteiger partial charge in [0.2, 0.25) is 0 Å². The Morgan fingerprint density at radius 3 is 2.53 bits per heavy atom. The van der Waals surface area contributed by atoms with Crippen molar-refractivity contribution in [3.8, 4) is 0 Å². The Bertz CT molecular complexity index is 383. The number of rotatable bonds is 5. The van der Waals surface area contributed by atoms with Gasteiger partial charge in [0.15, 0.2) is 0 Å². The van der Waals surface area contributed by atoms with Gasteiger partial charge in [0.1, 0.15) is 0 Å². The molecule has 2 rings (SSSR count). The van der Waals surface area contributed by atoms with Gasteiger partial charge in [-0.25, -0.2) is 0 Å². The molecule has 1 heteroatoms. The fraction of sp³-hybridized carbons (Fsp3) is 0.625. The SMILES string of the molecule is CCC(CC1OC1CC)c1cccc(C)c1C. The molecular weight excluding hydrogens is 208 g/mol. The lowest BCUT2D eigenvalue weighted by molar-refractivity contribution is 0.348. The van der Waals surface area contributed by atoms with E-state index in [0.29, 0.717) is 18.1 Å². The summed E-state index contributed by atoms with van der Waals surface area (Å²) in [6.07, 6.45) is 4.62. The van der Waals surface area contributed by atoms with Gasteiger partial charge in [-0.05, 0) is 55.7 Å². The van der Waals surface area contributed by atoms with Gasteiger partial charge in [-0.2, -0.15) is 0 Å². The van der Waals surface area contributed by atoms with Crippen molar-refractivity contribution in [2.75, 3.05) is 0 Å². The molecule has 0 aliphatic carbocycles. The predicted molar refractivity (Wildman–Crippen MR) is 72.5 cm³/mol. The van der Waals surface area contributed by atoms with Crippen LogP contribution in [0.3, 0.4) is 0 Å². The Morgan fingerprint density at radius 2 is 1.94 bits per heavy atom. The molecule has 0 bridgehead atoms. The summed E-state index contributed by atoms with van der Waals surface area (Å²) in [4.78, 5) is 0. The number of epoxide rings is 1. The van der Waals surface area contributed by atoms with Crippen molar-refractivity contribution in [2.45, 2.75) is 65.1 Å². The Labute approximate surface area is 105 Å². The molecule has 3 atom stereocenters. The zero-order valence-electron chi connectivity index (χ0n) is 11.5. The smallest absolute Gasteiger partial charge is 0.0847 e. The average molecular weight is 232 g/mol. The van der Waals surface area contributed by atoms with E-state index in [1.807, 2.05) is 0 Å². The minimum atomic E-state index is 0.518. The largest absolute Gasteiger partial charge is 0.370 e. The van der Waals surface area contributed by atoms with Crippen molar-refractivity contribution < 1.29 is 4.74 Å². The number of hydrogen-bond acceptors (Lipinski definition) is 1. The van der Waals surface area contributed by atoms with E-state index in [1.165, 1.54) is 29.5 Å². The summed E-state index contributed by atoms with van der Waals surface area (Å²) in [7, 11) is 0. The van der Waals surface area contributed by atoms with Gasteiger partial charge in [0.25, 0.3) is 0 Å². The zero-order valence-corrected chi connectivity index (χ0v) is 11.5. The summed E-state index contributed by atoms with van der Waals surface area (Å²) in [5, 5.41) is 0. The maximum atomic E-state index is 5.69. The lowest BCUT2D eigenvalue weighted by Gasteiger charge is -2.18. The molecular formula is C16H24O. The molecule has 1 heterocycles. The van der Waals surface area contributed by atoms with Gasteiger partial charge < -0.3 is 4.74 Å². The van der Waals surface area contributed by atoms with E-state index in [0.717, 1.165) is 6.42 Å². The van der Waals surface area contributed by atoms with Crippen molar-refractivity contribution in [1.82, 2.24) is 0 Å². The Hall–Kier alpha value is -0.820. The molecule has 0 N–H and O–H groups in total. The van der Waals surface area contributed by atoms with Crippen molar-refractivity contribution in [2.24, 2.45) is 0 Å². The second-order valence-corrected chi connectivity index (χ2v) is 5.25. The van der Waals surface area contributed by atoms with Crippen molar-refractivity contribution in [1.29, 1.82) is 0 Å². The van der Waals surface area contributed by atoms with E-state index in [1.54, 1.807) is 0 Å². The minimum absolute atomic E-state index is 0.518. The molecule has 1 nitrogen and oxygen atoms in total. The van der Waals surface area contributed by atoms with E-state index < -0.39 is 0 Å². The predicted octanol–water partition coefficient (Wildman–Crippen LogP) is 4.36. The molecule has 3 unspecified atom stereocenters. The van der Waals surface area contributed by atoms with E-state index in [9.17, 15) is 0 Å². The van der Waals surface area contributed by atoms with Crippen LogP contribution < -0.4 is 0 Å². The maximum Gasteiger partial charge on any atom is 0.0847 e. The first-order chi connectivity index (χ1) is 8.17. The van der Waals surface area contributed by atoms with Crippen LogP contribution in [0.5, 0.6) is 0 Å². The first-order valence-corrected chi connectivity index (χ1v) is 6.88. The maximum absolute atomic E-state index is 5.69. The molecule has 0 amide bonds. The summed E-state index contributed by atoms with van der Waals surface area (Å²) < 4.78 is 5.69. The van der Waals surface area contributed by atoms with Crippen LogP contribution >= 0.6 is 0 Å². The molecule has 1 aromatic carbocycles. The molecule has 0 aromatic heterocycles. The third-order valence-corrected chi connectivity index (χ3v) is 4.19. The number of ether oxygens (including phenoxy) is 1.